The molecule has 0 unspecified atom stereocenters. The number of nitrogens with zero attached hydrogens (tertiary/aromatic N) is 2. The molecular formula is C21H23N3O4S. The van der Waals surface area contributed by atoms with Gasteiger partial charge in [0.1, 0.15) is 10.9 Å². The Morgan fingerprint density at radius 2 is 2.00 bits per heavy atom. The molecule has 0 fully saturated rings. The molecule has 2 aromatic heterocycles. The zero-order valence-electron chi connectivity index (χ0n) is 16.8. The standard InChI is InChI=1S/C21H23N3O4S/c1-5-10-28-21(27)14(4)24-11-22-19-16(20(24)26)13(3)17(29-19)18(25)23-15-9-7-6-8-12(15)2/h6-9,11,14H,5,10H2,1-4H3,(H,23,25)/t14-/m1/s1. The van der Waals surface area contributed by atoms with Crippen LogP contribution in [0.3, 0.4) is 0 Å². The van der Waals surface area contributed by atoms with Crippen molar-refractivity contribution in [3.63, 3.8) is 0 Å². The van der Waals surface area contributed by atoms with Crippen LogP contribution in [-0.2, 0) is 9.53 Å². The van der Waals surface area contributed by atoms with Crippen molar-refractivity contribution in [3.05, 3.63) is 57.0 Å². The smallest absolute Gasteiger partial charge is 0.328 e. The summed E-state index contributed by atoms with van der Waals surface area (Å²) < 4.78 is 6.39. The van der Waals surface area contributed by atoms with E-state index in [1.54, 1.807) is 13.8 Å². The van der Waals surface area contributed by atoms with Gasteiger partial charge in [0, 0.05) is 5.69 Å². The van der Waals surface area contributed by atoms with Crippen molar-refractivity contribution in [2.75, 3.05) is 11.9 Å². The predicted molar refractivity (Wildman–Crippen MR) is 114 cm³/mol. The Balaban J connectivity index is 1.96. The van der Waals surface area contributed by atoms with Crippen LogP contribution in [0.15, 0.2) is 35.4 Å². The number of ether oxygens (including phenoxy) is 1. The number of hydrogen-bond acceptors (Lipinski definition) is 6. The van der Waals surface area contributed by atoms with Crippen molar-refractivity contribution in [2.45, 2.75) is 40.2 Å². The van der Waals surface area contributed by atoms with Gasteiger partial charge in [0.05, 0.1) is 23.2 Å². The fourth-order valence-electron chi connectivity index (χ4n) is 2.96. The van der Waals surface area contributed by atoms with E-state index < -0.39 is 12.0 Å². The summed E-state index contributed by atoms with van der Waals surface area (Å²) in [6, 6.07) is 6.68. The molecule has 0 radical (unpaired) electrons. The van der Waals surface area contributed by atoms with E-state index >= 15 is 0 Å². The SMILES string of the molecule is CCCOC(=O)[C@@H](C)n1cnc2sc(C(=O)Nc3ccccc3C)c(C)c2c1=O. The van der Waals surface area contributed by atoms with Gasteiger partial charge in [-0.2, -0.15) is 0 Å². The van der Waals surface area contributed by atoms with Crippen molar-refractivity contribution in [3.8, 4) is 0 Å². The molecule has 0 saturated carbocycles. The highest BCUT2D eigenvalue weighted by molar-refractivity contribution is 7.20. The second-order valence-corrected chi connectivity index (χ2v) is 7.80. The Kier molecular flexibility index (Phi) is 6.12. The number of para-hydroxylation sites is 1. The van der Waals surface area contributed by atoms with E-state index in [1.807, 2.05) is 38.1 Å². The second kappa shape index (κ2) is 8.57. The quantitative estimate of drug-likeness (QED) is 0.620. The van der Waals surface area contributed by atoms with E-state index in [0.29, 0.717) is 39.4 Å². The van der Waals surface area contributed by atoms with Crippen LogP contribution in [0.2, 0.25) is 0 Å². The number of nitrogens with one attached hydrogen (secondary N) is 1. The van der Waals surface area contributed by atoms with Crippen LogP contribution in [0.1, 0.15) is 47.1 Å². The Morgan fingerprint density at radius 3 is 2.69 bits per heavy atom. The minimum absolute atomic E-state index is 0.291. The van der Waals surface area contributed by atoms with Crippen molar-refractivity contribution in [2.24, 2.45) is 0 Å². The summed E-state index contributed by atoms with van der Waals surface area (Å²) in [4.78, 5) is 43.2. The van der Waals surface area contributed by atoms with Gasteiger partial charge in [0.25, 0.3) is 11.5 Å². The first kappa shape index (κ1) is 20.7. The molecule has 0 spiro atoms. The topological polar surface area (TPSA) is 90.3 Å². The van der Waals surface area contributed by atoms with E-state index in [-0.39, 0.29) is 11.5 Å². The summed E-state index contributed by atoms with van der Waals surface area (Å²) in [6.45, 7) is 7.43. The highest BCUT2D eigenvalue weighted by Gasteiger charge is 2.23. The lowest BCUT2D eigenvalue weighted by Gasteiger charge is -2.13. The molecule has 8 heteroatoms. The maximum absolute atomic E-state index is 13.0. The molecule has 29 heavy (non-hydrogen) atoms. The number of fused-ring (bicyclic) bond motifs is 1. The summed E-state index contributed by atoms with van der Waals surface area (Å²) in [5.41, 5.74) is 1.85. The number of carbonyl (C=O) groups is 2. The zero-order chi connectivity index (χ0) is 21.1. The second-order valence-electron chi connectivity index (χ2n) is 6.81. The summed E-state index contributed by atoms with van der Waals surface area (Å²) in [7, 11) is 0. The Labute approximate surface area is 172 Å². The maximum Gasteiger partial charge on any atom is 0.328 e. The lowest BCUT2D eigenvalue weighted by Crippen LogP contribution is -2.29. The van der Waals surface area contributed by atoms with Crippen molar-refractivity contribution in [1.82, 2.24) is 9.55 Å². The Morgan fingerprint density at radius 1 is 1.28 bits per heavy atom. The average Bonchev–Trinajstić information content (AvgIpc) is 3.05. The minimum atomic E-state index is -0.797. The minimum Gasteiger partial charge on any atom is -0.464 e. The number of aromatic nitrogens is 2. The number of benzene rings is 1. The van der Waals surface area contributed by atoms with Gasteiger partial charge < -0.3 is 10.1 Å². The monoisotopic (exact) mass is 413 g/mol. The van der Waals surface area contributed by atoms with Gasteiger partial charge in [-0.3, -0.25) is 14.2 Å². The van der Waals surface area contributed by atoms with Gasteiger partial charge in [0.2, 0.25) is 0 Å². The fourth-order valence-corrected chi connectivity index (χ4v) is 3.99. The summed E-state index contributed by atoms with van der Waals surface area (Å²) in [5, 5.41) is 3.24. The largest absolute Gasteiger partial charge is 0.464 e. The van der Waals surface area contributed by atoms with Gasteiger partial charge in [-0.15, -0.1) is 11.3 Å². The fraction of sp³-hybridized carbons (Fsp3) is 0.333. The van der Waals surface area contributed by atoms with E-state index in [2.05, 4.69) is 10.3 Å². The number of aryl methyl sites for hydroxylation is 2. The van der Waals surface area contributed by atoms with E-state index in [0.717, 1.165) is 16.9 Å². The molecule has 0 aliphatic heterocycles. The number of hydrogen-bond donors (Lipinski definition) is 1. The molecule has 1 atom stereocenters. The highest BCUT2D eigenvalue weighted by atomic mass is 32.1. The molecule has 0 bridgehead atoms. The molecule has 3 aromatic rings. The lowest BCUT2D eigenvalue weighted by atomic mass is 10.1. The van der Waals surface area contributed by atoms with E-state index in [4.69, 9.17) is 4.74 Å². The molecule has 0 saturated heterocycles. The van der Waals surface area contributed by atoms with Gasteiger partial charge in [-0.05, 0) is 44.4 Å². The van der Waals surface area contributed by atoms with Gasteiger partial charge in [0.15, 0.2) is 0 Å². The van der Waals surface area contributed by atoms with Crippen molar-refractivity contribution < 1.29 is 14.3 Å². The van der Waals surface area contributed by atoms with Gasteiger partial charge in [-0.1, -0.05) is 25.1 Å². The van der Waals surface area contributed by atoms with E-state index in [9.17, 15) is 14.4 Å². The number of amides is 1. The number of esters is 1. The number of anilines is 1. The molecule has 1 amide bonds. The van der Waals surface area contributed by atoms with Crippen LogP contribution >= 0.6 is 11.3 Å². The molecule has 1 aromatic carbocycles. The first-order chi connectivity index (χ1) is 13.8. The van der Waals surface area contributed by atoms with Gasteiger partial charge in [-0.25, -0.2) is 9.78 Å². The molecule has 152 valence electrons. The number of rotatable bonds is 6. The van der Waals surface area contributed by atoms with Crippen LogP contribution in [0.25, 0.3) is 10.2 Å². The maximum atomic E-state index is 13.0. The van der Waals surface area contributed by atoms with Gasteiger partial charge >= 0.3 is 5.97 Å². The first-order valence-electron chi connectivity index (χ1n) is 9.39. The molecular weight excluding hydrogens is 390 g/mol. The Hall–Kier alpha value is -3.00. The molecule has 2 heterocycles. The molecule has 0 aliphatic rings. The van der Waals surface area contributed by atoms with Crippen LogP contribution in [-0.4, -0.2) is 28.0 Å². The summed E-state index contributed by atoms with van der Waals surface area (Å²) in [6.07, 6.45) is 2.04. The molecule has 1 N–H and O–H groups in total. The molecule has 3 rings (SSSR count). The third-order valence-electron chi connectivity index (χ3n) is 4.68. The molecule has 0 aliphatic carbocycles. The van der Waals surface area contributed by atoms with Crippen molar-refractivity contribution >= 4 is 39.1 Å². The first-order valence-corrected chi connectivity index (χ1v) is 10.2. The summed E-state index contributed by atoms with van der Waals surface area (Å²) >= 11 is 1.16. The number of thiophene rings is 1. The third kappa shape index (κ3) is 4.07. The van der Waals surface area contributed by atoms with Crippen LogP contribution in [0, 0.1) is 13.8 Å². The Bertz CT molecular complexity index is 1130. The van der Waals surface area contributed by atoms with Crippen molar-refractivity contribution in [1.29, 1.82) is 0 Å². The highest BCUT2D eigenvalue weighted by Crippen LogP contribution is 2.28. The van der Waals surface area contributed by atoms with Crippen LogP contribution < -0.4 is 10.9 Å². The predicted octanol–water partition coefficient (Wildman–Crippen LogP) is 3.84. The normalized spacial score (nSPS) is 12.0. The summed E-state index contributed by atoms with van der Waals surface area (Å²) in [5.74, 6) is -0.776. The number of carbonyl (C=O) groups excluding carboxylic acids is 2. The van der Waals surface area contributed by atoms with E-state index in [1.165, 1.54) is 10.9 Å². The molecule has 7 nitrogen and oxygen atoms in total. The third-order valence-corrected chi connectivity index (χ3v) is 5.88. The van der Waals surface area contributed by atoms with Crippen LogP contribution in [0.4, 0.5) is 5.69 Å². The van der Waals surface area contributed by atoms with Crippen LogP contribution in [0.5, 0.6) is 0 Å². The zero-order valence-corrected chi connectivity index (χ0v) is 17.6. The lowest BCUT2D eigenvalue weighted by molar-refractivity contribution is -0.147. The average molecular weight is 413 g/mol.